The first kappa shape index (κ1) is 13.8. The van der Waals surface area contributed by atoms with E-state index in [1.54, 1.807) is 11.0 Å². The summed E-state index contributed by atoms with van der Waals surface area (Å²) in [7, 11) is 1.40. The van der Waals surface area contributed by atoms with Gasteiger partial charge in [0, 0.05) is 18.7 Å². The van der Waals surface area contributed by atoms with Gasteiger partial charge in [-0.1, -0.05) is 6.92 Å². The molecular weight excluding hydrogens is 249 g/mol. The summed E-state index contributed by atoms with van der Waals surface area (Å²) >= 11 is 0. The zero-order chi connectivity index (χ0) is 13.8. The van der Waals surface area contributed by atoms with Gasteiger partial charge in [-0.2, -0.15) is 0 Å². The SMILES string of the molecule is CC[C@H]1CN(C(=O)c2ccc(OC)c(F)c2)CCO1. The van der Waals surface area contributed by atoms with Crippen molar-refractivity contribution in [3.8, 4) is 5.75 Å². The van der Waals surface area contributed by atoms with Crippen molar-refractivity contribution in [2.75, 3.05) is 26.8 Å². The predicted molar refractivity (Wildman–Crippen MR) is 68.9 cm³/mol. The molecule has 0 spiro atoms. The maximum absolute atomic E-state index is 13.6. The molecule has 1 fully saturated rings. The molecule has 0 saturated carbocycles. The summed E-state index contributed by atoms with van der Waals surface area (Å²) in [5.41, 5.74) is 0.343. The molecule has 1 amide bonds. The van der Waals surface area contributed by atoms with E-state index in [0.717, 1.165) is 6.42 Å². The minimum Gasteiger partial charge on any atom is -0.494 e. The van der Waals surface area contributed by atoms with Crippen LogP contribution in [0.25, 0.3) is 0 Å². The molecule has 1 aliphatic rings. The fourth-order valence-electron chi connectivity index (χ4n) is 2.13. The molecule has 0 aliphatic carbocycles. The number of halogens is 1. The van der Waals surface area contributed by atoms with Crippen molar-refractivity contribution < 1.29 is 18.7 Å². The van der Waals surface area contributed by atoms with Gasteiger partial charge in [0.15, 0.2) is 11.6 Å². The van der Waals surface area contributed by atoms with Crippen LogP contribution in [0.2, 0.25) is 0 Å². The van der Waals surface area contributed by atoms with Crippen LogP contribution in [-0.4, -0.2) is 43.7 Å². The number of nitrogens with zero attached hydrogens (tertiary/aromatic N) is 1. The van der Waals surface area contributed by atoms with Gasteiger partial charge < -0.3 is 14.4 Å². The normalized spacial score (nSPS) is 19.3. The zero-order valence-corrected chi connectivity index (χ0v) is 11.2. The minimum atomic E-state index is -0.520. The Morgan fingerprint density at radius 1 is 1.58 bits per heavy atom. The monoisotopic (exact) mass is 267 g/mol. The van der Waals surface area contributed by atoms with Crippen LogP contribution in [0.5, 0.6) is 5.75 Å². The topological polar surface area (TPSA) is 38.8 Å². The largest absolute Gasteiger partial charge is 0.494 e. The van der Waals surface area contributed by atoms with Crippen LogP contribution in [-0.2, 0) is 4.74 Å². The van der Waals surface area contributed by atoms with Crippen LogP contribution < -0.4 is 4.74 Å². The van der Waals surface area contributed by atoms with Gasteiger partial charge in [0.1, 0.15) is 0 Å². The Labute approximate surface area is 112 Å². The van der Waals surface area contributed by atoms with Crippen molar-refractivity contribution in [3.05, 3.63) is 29.6 Å². The molecule has 104 valence electrons. The lowest BCUT2D eigenvalue weighted by atomic mass is 10.1. The summed E-state index contributed by atoms with van der Waals surface area (Å²) in [6, 6.07) is 4.28. The first-order chi connectivity index (χ1) is 9.15. The molecule has 1 atom stereocenters. The third-order valence-corrected chi connectivity index (χ3v) is 3.28. The molecule has 5 heteroatoms. The Hall–Kier alpha value is -1.62. The van der Waals surface area contributed by atoms with Gasteiger partial charge in [0.25, 0.3) is 5.91 Å². The van der Waals surface area contributed by atoms with E-state index in [2.05, 4.69) is 0 Å². The first-order valence-electron chi connectivity index (χ1n) is 6.40. The number of morpholine rings is 1. The maximum atomic E-state index is 13.6. The van der Waals surface area contributed by atoms with Crippen molar-refractivity contribution in [1.29, 1.82) is 0 Å². The standard InChI is InChI=1S/C14H18FNO3/c1-3-11-9-16(6-7-19-11)14(17)10-4-5-13(18-2)12(15)8-10/h4-5,8,11H,3,6-7,9H2,1-2H3/t11-/m0/s1. The molecule has 1 saturated heterocycles. The van der Waals surface area contributed by atoms with E-state index in [0.29, 0.717) is 25.3 Å². The van der Waals surface area contributed by atoms with Crippen molar-refractivity contribution in [1.82, 2.24) is 4.90 Å². The number of ether oxygens (including phenoxy) is 2. The van der Waals surface area contributed by atoms with Crippen LogP contribution in [0, 0.1) is 5.82 Å². The Morgan fingerprint density at radius 3 is 3.00 bits per heavy atom. The third kappa shape index (κ3) is 3.04. The van der Waals surface area contributed by atoms with Crippen LogP contribution in [0.3, 0.4) is 0 Å². The van der Waals surface area contributed by atoms with E-state index >= 15 is 0 Å². The van der Waals surface area contributed by atoms with E-state index in [1.807, 2.05) is 6.92 Å². The quantitative estimate of drug-likeness (QED) is 0.841. The highest BCUT2D eigenvalue weighted by atomic mass is 19.1. The summed E-state index contributed by atoms with van der Waals surface area (Å²) in [6.07, 6.45) is 0.932. The van der Waals surface area contributed by atoms with Crippen LogP contribution >= 0.6 is 0 Å². The van der Waals surface area contributed by atoms with Gasteiger partial charge in [0.05, 0.1) is 19.8 Å². The number of benzene rings is 1. The molecule has 4 nitrogen and oxygen atoms in total. The fraction of sp³-hybridized carbons (Fsp3) is 0.500. The Bertz CT molecular complexity index is 464. The van der Waals surface area contributed by atoms with Crippen molar-refractivity contribution in [3.63, 3.8) is 0 Å². The highest BCUT2D eigenvalue weighted by Crippen LogP contribution is 2.19. The second-order valence-corrected chi connectivity index (χ2v) is 4.50. The van der Waals surface area contributed by atoms with Crippen LogP contribution in [0.15, 0.2) is 18.2 Å². The number of hydrogen-bond acceptors (Lipinski definition) is 3. The molecule has 0 radical (unpaired) electrons. The number of rotatable bonds is 3. The number of carbonyl (C=O) groups excluding carboxylic acids is 1. The lowest BCUT2D eigenvalue weighted by molar-refractivity contribution is -0.0226. The summed E-state index contributed by atoms with van der Waals surface area (Å²) in [6.45, 7) is 3.65. The van der Waals surface area contributed by atoms with E-state index in [9.17, 15) is 9.18 Å². The fourth-order valence-corrected chi connectivity index (χ4v) is 2.13. The lowest BCUT2D eigenvalue weighted by Gasteiger charge is -2.32. The van der Waals surface area contributed by atoms with Gasteiger partial charge in [-0.15, -0.1) is 0 Å². The van der Waals surface area contributed by atoms with E-state index in [-0.39, 0.29) is 17.8 Å². The predicted octanol–water partition coefficient (Wildman–Crippen LogP) is 2.09. The second kappa shape index (κ2) is 6.02. The molecule has 19 heavy (non-hydrogen) atoms. The van der Waals surface area contributed by atoms with Gasteiger partial charge in [-0.25, -0.2) is 4.39 Å². The Kier molecular flexibility index (Phi) is 4.37. The maximum Gasteiger partial charge on any atom is 0.254 e. The molecule has 2 rings (SSSR count). The Morgan fingerprint density at radius 2 is 2.37 bits per heavy atom. The summed E-state index contributed by atoms with van der Waals surface area (Å²) in [5.74, 6) is -0.540. The molecule has 0 unspecified atom stereocenters. The second-order valence-electron chi connectivity index (χ2n) is 4.50. The molecule has 0 bridgehead atoms. The van der Waals surface area contributed by atoms with Crippen molar-refractivity contribution >= 4 is 5.91 Å². The first-order valence-corrected chi connectivity index (χ1v) is 6.40. The third-order valence-electron chi connectivity index (χ3n) is 3.28. The van der Waals surface area contributed by atoms with Gasteiger partial charge in [0.2, 0.25) is 0 Å². The average molecular weight is 267 g/mol. The minimum absolute atomic E-state index is 0.0702. The molecule has 1 aromatic carbocycles. The highest BCUT2D eigenvalue weighted by molar-refractivity contribution is 5.94. The smallest absolute Gasteiger partial charge is 0.254 e. The summed E-state index contributed by atoms with van der Waals surface area (Å²) in [5, 5.41) is 0. The van der Waals surface area contributed by atoms with Gasteiger partial charge in [-0.3, -0.25) is 4.79 Å². The molecule has 1 aliphatic heterocycles. The van der Waals surface area contributed by atoms with E-state index < -0.39 is 5.82 Å². The summed E-state index contributed by atoms with van der Waals surface area (Å²) in [4.78, 5) is 14.0. The van der Waals surface area contributed by atoms with Gasteiger partial charge >= 0.3 is 0 Å². The highest BCUT2D eigenvalue weighted by Gasteiger charge is 2.24. The van der Waals surface area contributed by atoms with Crippen LogP contribution in [0.4, 0.5) is 4.39 Å². The number of hydrogen-bond donors (Lipinski definition) is 0. The van der Waals surface area contributed by atoms with E-state index in [4.69, 9.17) is 9.47 Å². The molecular formula is C14H18FNO3. The van der Waals surface area contributed by atoms with E-state index in [1.165, 1.54) is 19.2 Å². The number of carbonyl (C=O) groups is 1. The average Bonchev–Trinajstić information content (AvgIpc) is 2.46. The zero-order valence-electron chi connectivity index (χ0n) is 11.2. The summed E-state index contributed by atoms with van der Waals surface area (Å²) < 4.78 is 24.0. The molecule has 0 N–H and O–H groups in total. The lowest BCUT2D eigenvalue weighted by Crippen LogP contribution is -2.45. The number of amides is 1. The molecule has 0 aromatic heterocycles. The molecule has 1 heterocycles. The Balaban J connectivity index is 2.12. The van der Waals surface area contributed by atoms with Gasteiger partial charge in [-0.05, 0) is 24.6 Å². The van der Waals surface area contributed by atoms with Crippen molar-refractivity contribution in [2.45, 2.75) is 19.4 Å². The molecule has 1 aromatic rings. The van der Waals surface area contributed by atoms with Crippen LogP contribution in [0.1, 0.15) is 23.7 Å². The van der Waals surface area contributed by atoms with Crippen molar-refractivity contribution in [2.24, 2.45) is 0 Å². The number of methoxy groups -OCH3 is 1.